The summed E-state index contributed by atoms with van der Waals surface area (Å²) in [5.41, 5.74) is 0. The van der Waals surface area contributed by atoms with E-state index < -0.39 is 18.1 Å². The minimum absolute atomic E-state index is 0.102. The lowest BCUT2D eigenvalue weighted by Crippen LogP contribution is -2.52. The van der Waals surface area contributed by atoms with Gasteiger partial charge in [-0.05, 0) is 18.8 Å². The molecule has 1 saturated heterocycles. The van der Waals surface area contributed by atoms with E-state index in [-0.39, 0.29) is 25.0 Å². The number of carboxylic acids is 1. The van der Waals surface area contributed by atoms with Crippen molar-refractivity contribution in [2.75, 3.05) is 13.1 Å². The van der Waals surface area contributed by atoms with Gasteiger partial charge in [-0.3, -0.25) is 0 Å². The third-order valence-corrected chi connectivity index (χ3v) is 4.00. The molecule has 0 spiro atoms. The topological polar surface area (TPSA) is 81.1 Å². The highest BCUT2D eigenvalue weighted by molar-refractivity contribution is 5.83. The number of carbonyl (C=O) groups is 2. The molecule has 0 bridgehead atoms. The van der Waals surface area contributed by atoms with Crippen molar-refractivity contribution in [2.24, 2.45) is 5.92 Å². The molecule has 1 aliphatic heterocycles. The van der Waals surface area contributed by atoms with E-state index in [2.05, 4.69) is 0 Å². The van der Waals surface area contributed by atoms with Gasteiger partial charge in [-0.2, -0.15) is 0 Å². The number of urea groups is 1. The largest absolute Gasteiger partial charge is 0.480 e. The lowest BCUT2D eigenvalue weighted by Gasteiger charge is -2.36. The fourth-order valence-corrected chi connectivity index (χ4v) is 2.93. The Morgan fingerprint density at radius 1 is 1.29 bits per heavy atom. The van der Waals surface area contributed by atoms with Crippen LogP contribution in [0.4, 0.5) is 4.79 Å². The van der Waals surface area contributed by atoms with Gasteiger partial charge in [0.15, 0.2) is 0 Å². The van der Waals surface area contributed by atoms with E-state index in [1.54, 1.807) is 4.90 Å². The summed E-state index contributed by atoms with van der Waals surface area (Å²) in [6.45, 7) is 8.84. The molecule has 6 nitrogen and oxygen atoms in total. The Morgan fingerprint density at radius 2 is 1.86 bits per heavy atom. The molecule has 0 aromatic carbocycles. The van der Waals surface area contributed by atoms with Gasteiger partial charge in [-0.15, -0.1) is 0 Å². The van der Waals surface area contributed by atoms with Gasteiger partial charge in [0.05, 0.1) is 6.10 Å². The fourth-order valence-electron chi connectivity index (χ4n) is 2.93. The van der Waals surface area contributed by atoms with E-state index in [4.69, 9.17) is 0 Å². The fraction of sp³-hybridized carbons (Fsp3) is 0.867. The third-order valence-electron chi connectivity index (χ3n) is 4.00. The van der Waals surface area contributed by atoms with Crippen molar-refractivity contribution in [3.8, 4) is 0 Å². The van der Waals surface area contributed by atoms with E-state index >= 15 is 0 Å². The van der Waals surface area contributed by atoms with Gasteiger partial charge in [-0.1, -0.05) is 27.7 Å². The zero-order chi connectivity index (χ0) is 16.2. The number of aliphatic hydroxyl groups excluding tert-OH is 1. The van der Waals surface area contributed by atoms with E-state index in [0.29, 0.717) is 12.5 Å². The number of β-amino-alcohol motifs (C(OH)–C–C–N with tert-alkyl or cyclic N) is 1. The van der Waals surface area contributed by atoms with E-state index in [0.717, 1.165) is 12.8 Å². The van der Waals surface area contributed by atoms with Crippen LogP contribution < -0.4 is 0 Å². The summed E-state index contributed by atoms with van der Waals surface area (Å²) in [6, 6.07) is -1.08. The van der Waals surface area contributed by atoms with E-state index in [9.17, 15) is 19.8 Å². The van der Waals surface area contributed by atoms with Gasteiger partial charge in [0, 0.05) is 25.6 Å². The van der Waals surface area contributed by atoms with Gasteiger partial charge >= 0.3 is 12.0 Å². The van der Waals surface area contributed by atoms with Crippen molar-refractivity contribution in [3.05, 3.63) is 0 Å². The molecule has 0 aliphatic carbocycles. The second kappa shape index (κ2) is 7.64. The maximum absolute atomic E-state index is 12.8. The van der Waals surface area contributed by atoms with Gasteiger partial charge < -0.3 is 20.0 Å². The van der Waals surface area contributed by atoms with E-state index in [1.807, 2.05) is 27.7 Å². The Hall–Kier alpha value is -1.30. The number of hydrogen-bond donors (Lipinski definition) is 2. The number of hydrogen-bond acceptors (Lipinski definition) is 3. The van der Waals surface area contributed by atoms with Crippen molar-refractivity contribution in [3.63, 3.8) is 0 Å². The van der Waals surface area contributed by atoms with Crippen molar-refractivity contribution in [2.45, 2.75) is 65.1 Å². The predicted molar refractivity (Wildman–Crippen MR) is 80.1 cm³/mol. The smallest absolute Gasteiger partial charge is 0.326 e. The molecule has 1 aliphatic rings. The number of amides is 2. The summed E-state index contributed by atoms with van der Waals surface area (Å²) >= 11 is 0. The summed E-state index contributed by atoms with van der Waals surface area (Å²) in [5.74, 6) is -0.737. The molecule has 2 amide bonds. The van der Waals surface area contributed by atoms with Gasteiger partial charge in [0.25, 0.3) is 0 Å². The van der Waals surface area contributed by atoms with Crippen molar-refractivity contribution in [1.82, 2.24) is 9.80 Å². The monoisotopic (exact) mass is 300 g/mol. The Bertz CT molecular complexity index is 369. The highest BCUT2D eigenvalue weighted by atomic mass is 16.4. The molecule has 1 heterocycles. The molecule has 2 unspecified atom stereocenters. The number of aliphatic hydroxyl groups is 1. The zero-order valence-electron chi connectivity index (χ0n) is 13.5. The number of carbonyl (C=O) groups excluding carboxylic acids is 1. The molecule has 1 fully saturated rings. The quantitative estimate of drug-likeness (QED) is 0.783. The second-order valence-electron chi connectivity index (χ2n) is 6.20. The minimum atomic E-state index is -1.05. The summed E-state index contributed by atoms with van der Waals surface area (Å²) < 4.78 is 0. The van der Waals surface area contributed by atoms with Gasteiger partial charge in [0.2, 0.25) is 0 Å². The molecular weight excluding hydrogens is 272 g/mol. The molecule has 1 rings (SSSR count). The van der Waals surface area contributed by atoms with Crippen LogP contribution in [0.25, 0.3) is 0 Å². The zero-order valence-corrected chi connectivity index (χ0v) is 13.5. The highest BCUT2D eigenvalue weighted by Crippen LogP contribution is 2.23. The molecule has 0 aromatic heterocycles. The Balaban J connectivity index is 2.95. The predicted octanol–water partition coefficient (Wildman–Crippen LogP) is 1.77. The second-order valence-corrected chi connectivity index (χ2v) is 6.20. The Labute approximate surface area is 126 Å². The average Bonchev–Trinajstić information content (AvgIpc) is 2.80. The van der Waals surface area contributed by atoms with Crippen LogP contribution in [0.15, 0.2) is 0 Å². The lowest BCUT2D eigenvalue weighted by molar-refractivity contribution is -0.141. The third kappa shape index (κ3) is 4.33. The molecule has 0 aromatic rings. The van der Waals surface area contributed by atoms with Crippen LogP contribution in [0.3, 0.4) is 0 Å². The normalized spacial score (nSPS) is 22.1. The molecule has 21 heavy (non-hydrogen) atoms. The first-order valence-corrected chi connectivity index (χ1v) is 7.79. The van der Waals surface area contributed by atoms with Crippen LogP contribution in [0, 0.1) is 5.92 Å². The van der Waals surface area contributed by atoms with Crippen LogP contribution in [0.2, 0.25) is 0 Å². The first-order chi connectivity index (χ1) is 9.81. The van der Waals surface area contributed by atoms with Gasteiger partial charge in [-0.25, -0.2) is 9.59 Å². The van der Waals surface area contributed by atoms with Crippen molar-refractivity contribution in [1.29, 1.82) is 0 Å². The summed E-state index contributed by atoms with van der Waals surface area (Å²) in [7, 11) is 0. The minimum Gasteiger partial charge on any atom is -0.480 e. The summed E-state index contributed by atoms with van der Waals surface area (Å²) in [4.78, 5) is 27.2. The van der Waals surface area contributed by atoms with Gasteiger partial charge in [0.1, 0.15) is 6.04 Å². The molecule has 0 saturated carbocycles. The Kier molecular flexibility index (Phi) is 6.45. The molecule has 6 heteroatoms. The number of carboxylic acid groups (broad SMARTS) is 1. The molecule has 122 valence electrons. The SMILES string of the molecule is CCC(CC)N(CC(C)C)C(=O)N1CC(O)CC1C(=O)O. The number of nitrogens with zero attached hydrogens (tertiary/aromatic N) is 2. The van der Waals surface area contributed by atoms with Crippen LogP contribution in [0.5, 0.6) is 0 Å². The highest BCUT2D eigenvalue weighted by Gasteiger charge is 2.41. The van der Waals surface area contributed by atoms with Crippen LogP contribution in [-0.4, -0.2) is 63.3 Å². The molecular formula is C15H28N2O4. The Morgan fingerprint density at radius 3 is 2.29 bits per heavy atom. The molecule has 2 atom stereocenters. The van der Waals surface area contributed by atoms with Crippen molar-refractivity contribution >= 4 is 12.0 Å². The summed E-state index contributed by atoms with van der Waals surface area (Å²) in [6.07, 6.45) is 1.03. The maximum atomic E-state index is 12.8. The maximum Gasteiger partial charge on any atom is 0.326 e. The van der Waals surface area contributed by atoms with Crippen LogP contribution in [-0.2, 0) is 4.79 Å². The first-order valence-electron chi connectivity index (χ1n) is 7.79. The van der Waals surface area contributed by atoms with Crippen LogP contribution >= 0.6 is 0 Å². The first kappa shape index (κ1) is 17.8. The van der Waals surface area contributed by atoms with E-state index in [1.165, 1.54) is 4.90 Å². The summed E-state index contributed by atoms with van der Waals surface area (Å²) in [5, 5.41) is 19.0. The average molecular weight is 300 g/mol. The lowest BCUT2D eigenvalue weighted by atomic mass is 10.1. The van der Waals surface area contributed by atoms with Crippen LogP contribution in [0.1, 0.15) is 47.0 Å². The molecule has 2 N–H and O–H groups in total. The number of aliphatic carboxylic acids is 1. The molecule has 0 radical (unpaired) electrons. The standard InChI is InChI=1S/C15H28N2O4/c1-5-11(6-2)16(8-10(3)4)15(21)17-9-12(18)7-13(17)14(19)20/h10-13,18H,5-9H2,1-4H3,(H,19,20). The number of likely N-dealkylation sites (tertiary alicyclic amines) is 1. The van der Waals surface area contributed by atoms with Crippen molar-refractivity contribution < 1.29 is 19.8 Å². The number of rotatable bonds is 6.